The third kappa shape index (κ3) is 2.52. The van der Waals surface area contributed by atoms with E-state index in [0.717, 1.165) is 11.1 Å². The molecule has 0 aliphatic heterocycles. The van der Waals surface area contributed by atoms with Crippen molar-refractivity contribution in [2.45, 2.75) is 17.8 Å². The van der Waals surface area contributed by atoms with Crippen LogP contribution < -0.4 is 0 Å². The lowest BCUT2D eigenvalue weighted by Crippen LogP contribution is -2.11. The second kappa shape index (κ2) is 4.29. The molecule has 0 radical (unpaired) electrons. The number of sulfone groups is 1. The fraction of sp³-hybridized carbons (Fsp3) is 0.273. The molecule has 1 aromatic carbocycles. The van der Waals surface area contributed by atoms with Crippen LogP contribution in [0.15, 0.2) is 35.7 Å². The summed E-state index contributed by atoms with van der Waals surface area (Å²) in [5.41, 5.74) is 1.85. The summed E-state index contributed by atoms with van der Waals surface area (Å²) in [7, 11) is -1.86. The van der Waals surface area contributed by atoms with E-state index in [1.165, 1.54) is 11.0 Å². The van der Waals surface area contributed by atoms with E-state index in [-0.39, 0.29) is 10.9 Å². The van der Waals surface area contributed by atoms with Crippen molar-refractivity contribution in [1.82, 2.24) is 14.8 Å². The predicted octanol–water partition coefficient (Wildman–Crippen LogP) is 1.10. The molecule has 6 heteroatoms. The van der Waals surface area contributed by atoms with Gasteiger partial charge in [-0.25, -0.2) is 18.1 Å². The highest BCUT2D eigenvalue weighted by Crippen LogP contribution is 2.13. The van der Waals surface area contributed by atoms with Gasteiger partial charge in [0.1, 0.15) is 6.33 Å². The quantitative estimate of drug-likeness (QED) is 0.819. The Morgan fingerprint density at radius 2 is 1.88 bits per heavy atom. The Kier molecular flexibility index (Phi) is 2.97. The van der Waals surface area contributed by atoms with Crippen molar-refractivity contribution in [2.24, 2.45) is 7.05 Å². The molecule has 0 aliphatic carbocycles. The van der Waals surface area contributed by atoms with Crippen LogP contribution in [-0.4, -0.2) is 23.2 Å². The van der Waals surface area contributed by atoms with Gasteiger partial charge in [-0.3, -0.25) is 0 Å². The molecule has 0 saturated carbocycles. The molecule has 1 aromatic heterocycles. The first-order valence-electron chi connectivity index (χ1n) is 5.11. The molecule has 0 aliphatic rings. The zero-order valence-electron chi connectivity index (χ0n) is 9.66. The fourth-order valence-corrected chi connectivity index (χ4v) is 2.95. The molecule has 0 saturated heterocycles. The van der Waals surface area contributed by atoms with Gasteiger partial charge in [0.05, 0.1) is 5.75 Å². The lowest BCUT2D eigenvalue weighted by molar-refractivity contribution is 0.568. The average Bonchev–Trinajstić information content (AvgIpc) is 2.68. The van der Waals surface area contributed by atoms with Crippen molar-refractivity contribution in [3.05, 3.63) is 41.7 Å². The molecule has 90 valence electrons. The van der Waals surface area contributed by atoms with Gasteiger partial charge in [0.25, 0.3) is 0 Å². The van der Waals surface area contributed by atoms with Gasteiger partial charge in [-0.15, -0.1) is 0 Å². The van der Waals surface area contributed by atoms with Crippen molar-refractivity contribution in [3.63, 3.8) is 0 Å². The number of rotatable bonds is 3. The van der Waals surface area contributed by atoms with Gasteiger partial charge in [0.15, 0.2) is 0 Å². The summed E-state index contributed by atoms with van der Waals surface area (Å²) in [6, 6.07) is 7.40. The summed E-state index contributed by atoms with van der Waals surface area (Å²) in [5, 5.41) is 3.76. The third-order valence-electron chi connectivity index (χ3n) is 2.43. The van der Waals surface area contributed by atoms with Crippen LogP contribution in [0, 0.1) is 6.92 Å². The maximum atomic E-state index is 12.0. The molecule has 1 heterocycles. The number of nitrogens with zero attached hydrogens (tertiary/aromatic N) is 3. The molecule has 0 fully saturated rings. The maximum Gasteiger partial charge on any atom is 0.245 e. The molecule has 0 spiro atoms. The van der Waals surface area contributed by atoms with Crippen LogP contribution in [-0.2, 0) is 22.6 Å². The molecular formula is C11H13N3O2S. The lowest BCUT2D eigenvalue weighted by atomic mass is 10.2. The molecule has 5 nitrogen and oxygen atoms in total. The second-order valence-corrected chi connectivity index (χ2v) is 5.79. The van der Waals surface area contributed by atoms with Gasteiger partial charge >= 0.3 is 0 Å². The minimum atomic E-state index is -3.42. The maximum absolute atomic E-state index is 12.0. The number of aryl methyl sites for hydroxylation is 2. The van der Waals surface area contributed by atoms with E-state index in [1.807, 2.05) is 31.2 Å². The smallest absolute Gasteiger partial charge is 0.240 e. The van der Waals surface area contributed by atoms with Crippen LogP contribution in [0.1, 0.15) is 11.1 Å². The van der Waals surface area contributed by atoms with Crippen molar-refractivity contribution < 1.29 is 8.42 Å². The Bertz CT molecular complexity index is 614. The number of hydrogen-bond donors (Lipinski definition) is 0. The molecule has 2 rings (SSSR count). The molecule has 0 N–H and O–H groups in total. The van der Waals surface area contributed by atoms with E-state index in [9.17, 15) is 8.42 Å². The number of hydrogen-bond acceptors (Lipinski definition) is 4. The van der Waals surface area contributed by atoms with Gasteiger partial charge in [0.2, 0.25) is 15.0 Å². The van der Waals surface area contributed by atoms with E-state index in [0.29, 0.717) is 0 Å². The highest BCUT2D eigenvalue weighted by atomic mass is 32.2. The Morgan fingerprint density at radius 1 is 1.24 bits per heavy atom. The summed E-state index contributed by atoms with van der Waals surface area (Å²) >= 11 is 0. The average molecular weight is 251 g/mol. The van der Waals surface area contributed by atoms with Crippen LogP contribution in [0.25, 0.3) is 0 Å². The first-order chi connectivity index (χ1) is 7.99. The summed E-state index contributed by atoms with van der Waals surface area (Å²) in [6.07, 6.45) is 1.24. The fourth-order valence-electron chi connectivity index (χ4n) is 1.54. The van der Waals surface area contributed by atoms with Gasteiger partial charge in [0, 0.05) is 7.05 Å². The number of benzene rings is 1. The van der Waals surface area contributed by atoms with E-state index in [2.05, 4.69) is 10.1 Å². The Hall–Kier alpha value is -1.69. The van der Waals surface area contributed by atoms with Crippen molar-refractivity contribution in [3.8, 4) is 0 Å². The van der Waals surface area contributed by atoms with Crippen molar-refractivity contribution in [1.29, 1.82) is 0 Å². The molecule has 0 amide bonds. The Labute approximate surface area is 100 Å². The molecular weight excluding hydrogens is 238 g/mol. The zero-order valence-corrected chi connectivity index (χ0v) is 10.5. The minimum Gasteiger partial charge on any atom is -0.240 e. The summed E-state index contributed by atoms with van der Waals surface area (Å²) < 4.78 is 25.4. The van der Waals surface area contributed by atoms with Gasteiger partial charge in [-0.1, -0.05) is 29.8 Å². The molecule has 2 aromatic rings. The summed E-state index contributed by atoms with van der Waals surface area (Å²) in [4.78, 5) is 3.77. The van der Waals surface area contributed by atoms with Gasteiger partial charge in [-0.2, -0.15) is 5.10 Å². The van der Waals surface area contributed by atoms with Crippen LogP contribution >= 0.6 is 0 Å². The van der Waals surface area contributed by atoms with Crippen molar-refractivity contribution in [2.75, 3.05) is 0 Å². The first kappa shape index (κ1) is 11.8. The summed E-state index contributed by atoms with van der Waals surface area (Å²) in [6.45, 7) is 1.96. The lowest BCUT2D eigenvalue weighted by Gasteiger charge is -2.03. The third-order valence-corrected chi connectivity index (χ3v) is 4.06. The highest BCUT2D eigenvalue weighted by molar-refractivity contribution is 7.90. The topological polar surface area (TPSA) is 64.8 Å². The standard InChI is InChI=1S/C11H13N3O2S/c1-9-3-5-10(6-4-9)7-17(15,16)11-12-8-13-14(11)2/h3-6,8H,7H2,1-2H3. The Morgan fingerprint density at radius 3 is 2.41 bits per heavy atom. The molecule has 17 heavy (non-hydrogen) atoms. The van der Waals surface area contributed by atoms with Crippen LogP contribution in [0.2, 0.25) is 0 Å². The van der Waals surface area contributed by atoms with E-state index < -0.39 is 9.84 Å². The Balaban J connectivity index is 2.30. The first-order valence-corrected chi connectivity index (χ1v) is 6.76. The highest BCUT2D eigenvalue weighted by Gasteiger charge is 2.20. The summed E-state index contributed by atoms with van der Waals surface area (Å²) in [5.74, 6) is -0.0557. The van der Waals surface area contributed by atoms with Crippen LogP contribution in [0.3, 0.4) is 0 Å². The molecule has 0 atom stereocenters. The van der Waals surface area contributed by atoms with E-state index in [4.69, 9.17) is 0 Å². The van der Waals surface area contributed by atoms with Gasteiger partial charge < -0.3 is 0 Å². The van der Waals surface area contributed by atoms with Crippen LogP contribution in [0.4, 0.5) is 0 Å². The predicted molar refractivity (Wildman–Crippen MR) is 63.1 cm³/mol. The van der Waals surface area contributed by atoms with E-state index in [1.54, 1.807) is 7.05 Å². The number of aromatic nitrogens is 3. The molecule has 0 unspecified atom stereocenters. The van der Waals surface area contributed by atoms with Gasteiger partial charge in [-0.05, 0) is 12.5 Å². The minimum absolute atomic E-state index is 0.00178. The van der Waals surface area contributed by atoms with Crippen molar-refractivity contribution >= 4 is 9.84 Å². The largest absolute Gasteiger partial charge is 0.245 e. The molecule has 0 bridgehead atoms. The second-order valence-electron chi connectivity index (χ2n) is 3.91. The van der Waals surface area contributed by atoms with Crippen LogP contribution in [0.5, 0.6) is 0 Å². The van der Waals surface area contributed by atoms with E-state index >= 15 is 0 Å². The SMILES string of the molecule is Cc1ccc(CS(=O)(=O)c2ncnn2C)cc1. The normalized spacial score (nSPS) is 11.6. The zero-order chi connectivity index (χ0) is 12.5. The monoisotopic (exact) mass is 251 g/mol.